The standard InChI is InChI=1S/C19H28N2O2/c1-20-19(22)17-12-21(13-17)11-15-7-9-18(10-8-15)23-14-16-5-3-2-4-6-16/h7-10,16-17H,2-6,11-14H2,1H3,(H,20,22). The molecule has 23 heavy (non-hydrogen) atoms. The highest BCUT2D eigenvalue weighted by molar-refractivity contribution is 5.79. The maximum Gasteiger partial charge on any atom is 0.225 e. The molecule has 0 bridgehead atoms. The number of ether oxygens (including phenoxy) is 1. The highest BCUT2D eigenvalue weighted by atomic mass is 16.5. The second-order valence-electron chi connectivity index (χ2n) is 6.96. The number of carbonyl (C=O) groups is 1. The molecular formula is C19H28N2O2. The van der Waals surface area contributed by atoms with Crippen molar-refractivity contribution < 1.29 is 9.53 Å². The molecule has 1 aliphatic heterocycles. The van der Waals surface area contributed by atoms with Crippen LogP contribution in [0, 0.1) is 11.8 Å². The van der Waals surface area contributed by atoms with Gasteiger partial charge in [-0.25, -0.2) is 0 Å². The summed E-state index contributed by atoms with van der Waals surface area (Å²) < 4.78 is 5.94. The van der Waals surface area contributed by atoms with Crippen molar-refractivity contribution in [1.82, 2.24) is 10.2 Å². The van der Waals surface area contributed by atoms with Crippen LogP contribution in [0.1, 0.15) is 37.7 Å². The topological polar surface area (TPSA) is 41.6 Å². The maximum atomic E-state index is 11.5. The first-order valence-corrected chi connectivity index (χ1v) is 8.90. The number of rotatable bonds is 6. The predicted molar refractivity (Wildman–Crippen MR) is 91.3 cm³/mol. The zero-order valence-electron chi connectivity index (χ0n) is 14.1. The van der Waals surface area contributed by atoms with Crippen LogP contribution in [0.15, 0.2) is 24.3 Å². The first-order valence-electron chi connectivity index (χ1n) is 8.90. The molecule has 1 N–H and O–H groups in total. The van der Waals surface area contributed by atoms with Crippen LogP contribution in [0.3, 0.4) is 0 Å². The fourth-order valence-corrected chi connectivity index (χ4v) is 3.59. The minimum atomic E-state index is 0.160. The molecule has 0 unspecified atom stereocenters. The zero-order chi connectivity index (χ0) is 16.1. The Morgan fingerprint density at radius 1 is 1.17 bits per heavy atom. The highest BCUT2D eigenvalue weighted by Gasteiger charge is 2.31. The van der Waals surface area contributed by atoms with Crippen LogP contribution < -0.4 is 10.1 Å². The molecule has 1 saturated carbocycles. The molecule has 0 atom stereocenters. The predicted octanol–water partition coefficient (Wildman–Crippen LogP) is 2.82. The number of nitrogens with zero attached hydrogens (tertiary/aromatic N) is 1. The lowest BCUT2D eigenvalue weighted by atomic mass is 9.90. The zero-order valence-corrected chi connectivity index (χ0v) is 14.1. The highest BCUT2D eigenvalue weighted by Crippen LogP contribution is 2.25. The summed E-state index contributed by atoms with van der Waals surface area (Å²) in [5.74, 6) is 2.04. The molecule has 1 aromatic rings. The Kier molecular flexibility index (Phi) is 5.55. The largest absolute Gasteiger partial charge is 0.493 e. The van der Waals surface area contributed by atoms with E-state index in [0.717, 1.165) is 37.9 Å². The quantitative estimate of drug-likeness (QED) is 0.877. The number of nitrogens with one attached hydrogen (secondary N) is 1. The number of benzene rings is 1. The van der Waals surface area contributed by atoms with Crippen LogP contribution in [0.5, 0.6) is 5.75 Å². The van der Waals surface area contributed by atoms with E-state index < -0.39 is 0 Å². The van der Waals surface area contributed by atoms with Crippen molar-refractivity contribution in [3.05, 3.63) is 29.8 Å². The minimum Gasteiger partial charge on any atom is -0.493 e. The van der Waals surface area contributed by atoms with E-state index in [2.05, 4.69) is 34.5 Å². The molecule has 1 saturated heterocycles. The molecule has 0 radical (unpaired) electrons. The van der Waals surface area contributed by atoms with Gasteiger partial charge < -0.3 is 10.1 Å². The molecule has 2 fully saturated rings. The second kappa shape index (κ2) is 7.82. The lowest BCUT2D eigenvalue weighted by Gasteiger charge is -2.38. The van der Waals surface area contributed by atoms with Crippen LogP contribution in [0.2, 0.25) is 0 Å². The van der Waals surface area contributed by atoms with E-state index in [1.165, 1.54) is 37.7 Å². The fourth-order valence-electron chi connectivity index (χ4n) is 3.59. The van der Waals surface area contributed by atoms with Crippen LogP contribution in [0.25, 0.3) is 0 Å². The van der Waals surface area contributed by atoms with Crippen molar-refractivity contribution in [3.8, 4) is 5.75 Å². The normalized spacial score (nSPS) is 20.0. The van der Waals surface area contributed by atoms with Crippen molar-refractivity contribution in [2.45, 2.75) is 38.6 Å². The number of likely N-dealkylation sites (tertiary alicyclic amines) is 1. The van der Waals surface area contributed by atoms with E-state index in [0.29, 0.717) is 0 Å². The number of amides is 1. The van der Waals surface area contributed by atoms with Gasteiger partial charge in [-0.05, 0) is 36.5 Å². The van der Waals surface area contributed by atoms with Gasteiger partial charge in [-0.2, -0.15) is 0 Å². The van der Waals surface area contributed by atoms with Gasteiger partial charge in [0.2, 0.25) is 5.91 Å². The summed E-state index contributed by atoms with van der Waals surface area (Å²) in [5.41, 5.74) is 1.28. The fraction of sp³-hybridized carbons (Fsp3) is 0.632. The van der Waals surface area contributed by atoms with Gasteiger partial charge in [-0.15, -0.1) is 0 Å². The lowest BCUT2D eigenvalue weighted by Crippen LogP contribution is -2.52. The molecule has 1 aromatic carbocycles. The number of carbonyl (C=O) groups excluding carboxylic acids is 1. The minimum absolute atomic E-state index is 0.160. The Balaban J connectivity index is 1.40. The summed E-state index contributed by atoms with van der Waals surface area (Å²) >= 11 is 0. The average Bonchev–Trinajstić information content (AvgIpc) is 2.57. The van der Waals surface area contributed by atoms with Gasteiger partial charge in [0, 0.05) is 26.7 Å². The third-order valence-electron chi connectivity index (χ3n) is 5.11. The molecular weight excluding hydrogens is 288 g/mol. The van der Waals surface area contributed by atoms with E-state index >= 15 is 0 Å². The Morgan fingerprint density at radius 3 is 2.52 bits per heavy atom. The van der Waals surface area contributed by atoms with Gasteiger partial charge in [-0.3, -0.25) is 9.69 Å². The van der Waals surface area contributed by atoms with Gasteiger partial charge >= 0.3 is 0 Å². The van der Waals surface area contributed by atoms with Gasteiger partial charge in [0.1, 0.15) is 5.75 Å². The molecule has 3 rings (SSSR count). The van der Waals surface area contributed by atoms with E-state index in [1.807, 2.05) is 0 Å². The molecule has 0 aromatic heterocycles. The van der Waals surface area contributed by atoms with Crippen molar-refractivity contribution >= 4 is 5.91 Å². The van der Waals surface area contributed by atoms with Crippen LogP contribution >= 0.6 is 0 Å². The summed E-state index contributed by atoms with van der Waals surface area (Å²) in [6.45, 7) is 3.49. The third-order valence-corrected chi connectivity index (χ3v) is 5.11. The molecule has 1 amide bonds. The van der Waals surface area contributed by atoms with Gasteiger partial charge in [-0.1, -0.05) is 31.4 Å². The first kappa shape index (κ1) is 16.3. The average molecular weight is 316 g/mol. The van der Waals surface area contributed by atoms with E-state index in [1.54, 1.807) is 7.05 Å². The Bertz CT molecular complexity index is 503. The molecule has 2 aliphatic rings. The maximum absolute atomic E-state index is 11.5. The Labute approximate surface area is 139 Å². The summed E-state index contributed by atoms with van der Waals surface area (Å²) in [6.07, 6.45) is 6.75. The smallest absolute Gasteiger partial charge is 0.225 e. The Morgan fingerprint density at radius 2 is 1.87 bits per heavy atom. The number of hydrogen-bond acceptors (Lipinski definition) is 3. The third kappa shape index (κ3) is 4.47. The molecule has 4 nitrogen and oxygen atoms in total. The molecule has 126 valence electrons. The number of hydrogen-bond donors (Lipinski definition) is 1. The Hall–Kier alpha value is -1.55. The van der Waals surface area contributed by atoms with Crippen LogP contribution in [-0.4, -0.2) is 37.6 Å². The van der Waals surface area contributed by atoms with Gasteiger partial charge in [0.15, 0.2) is 0 Å². The summed E-state index contributed by atoms with van der Waals surface area (Å²) in [5, 5.41) is 2.72. The SMILES string of the molecule is CNC(=O)C1CN(Cc2ccc(OCC3CCCCC3)cc2)C1. The van der Waals surface area contributed by atoms with E-state index in [4.69, 9.17) is 4.74 Å². The van der Waals surface area contributed by atoms with Crippen molar-refractivity contribution in [3.63, 3.8) is 0 Å². The summed E-state index contributed by atoms with van der Waals surface area (Å²) in [7, 11) is 1.71. The molecule has 4 heteroatoms. The lowest BCUT2D eigenvalue weighted by molar-refractivity contribution is -0.129. The van der Waals surface area contributed by atoms with Crippen molar-refractivity contribution in [2.24, 2.45) is 11.8 Å². The summed E-state index contributed by atoms with van der Waals surface area (Å²) in [4.78, 5) is 13.8. The molecule has 1 aliphatic carbocycles. The van der Waals surface area contributed by atoms with Gasteiger partial charge in [0.05, 0.1) is 12.5 Å². The monoisotopic (exact) mass is 316 g/mol. The molecule has 1 heterocycles. The van der Waals surface area contributed by atoms with Crippen LogP contribution in [-0.2, 0) is 11.3 Å². The van der Waals surface area contributed by atoms with E-state index in [-0.39, 0.29) is 11.8 Å². The molecule has 0 spiro atoms. The summed E-state index contributed by atoms with van der Waals surface area (Å²) in [6, 6.07) is 8.44. The second-order valence-corrected chi connectivity index (χ2v) is 6.96. The first-order chi connectivity index (χ1) is 11.2. The van der Waals surface area contributed by atoms with Crippen LogP contribution in [0.4, 0.5) is 0 Å². The van der Waals surface area contributed by atoms with Crippen molar-refractivity contribution in [1.29, 1.82) is 0 Å². The van der Waals surface area contributed by atoms with E-state index in [9.17, 15) is 4.79 Å². The van der Waals surface area contributed by atoms with Crippen molar-refractivity contribution in [2.75, 3.05) is 26.7 Å². The van der Waals surface area contributed by atoms with Gasteiger partial charge in [0.25, 0.3) is 0 Å².